The van der Waals surface area contributed by atoms with Crippen LogP contribution in [-0.2, 0) is 11.2 Å². The summed E-state index contributed by atoms with van der Waals surface area (Å²) in [6, 6.07) is 7.47. The lowest BCUT2D eigenvalue weighted by Crippen LogP contribution is -2.46. The Hall–Kier alpha value is -2.60. The Morgan fingerprint density at radius 3 is 2.90 bits per heavy atom. The van der Waals surface area contributed by atoms with Gasteiger partial charge in [-0.25, -0.2) is 0 Å². The van der Waals surface area contributed by atoms with Crippen molar-refractivity contribution in [3.8, 4) is 0 Å². The predicted molar refractivity (Wildman–Crippen MR) is 122 cm³/mol. The molecular weight excluding hydrogens is 400 g/mol. The number of nitrogens with zero attached hydrogens (tertiary/aromatic N) is 3. The van der Waals surface area contributed by atoms with Crippen LogP contribution in [0.5, 0.6) is 0 Å². The van der Waals surface area contributed by atoms with E-state index in [1.165, 1.54) is 29.6 Å². The molecule has 1 atom stereocenters. The Morgan fingerprint density at radius 2 is 2.20 bits per heavy atom. The lowest BCUT2D eigenvalue weighted by atomic mass is 9.97. The maximum absolute atomic E-state index is 12.8. The van der Waals surface area contributed by atoms with Crippen molar-refractivity contribution in [2.24, 2.45) is 10.1 Å². The van der Waals surface area contributed by atoms with Crippen LogP contribution in [0.4, 0.5) is 0 Å². The number of aliphatic hydroxyl groups excluding tert-OH is 1. The topological polar surface area (TPSA) is 77.3 Å². The Bertz CT molecular complexity index is 904. The van der Waals surface area contributed by atoms with Crippen LogP contribution in [0, 0.1) is 0 Å². The second kappa shape index (κ2) is 10.4. The number of amides is 1. The van der Waals surface area contributed by atoms with Crippen LogP contribution >= 0.6 is 11.6 Å². The van der Waals surface area contributed by atoms with Gasteiger partial charge in [-0.3, -0.25) is 9.79 Å². The number of halogens is 1. The molecule has 7 heteroatoms. The lowest BCUT2D eigenvalue weighted by Gasteiger charge is -2.30. The lowest BCUT2D eigenvalue weighted by molar-refractivity contribution is -0.126. The third-order valence-electron chi connectivity index (χ3n) is 5.40. The highest BCUT2D eigenvalue weighted by molar-refractivity contribution is 6.31. The maximum Gasteiger partial charge on any atom is 0.267 e. The molecule has 1 aliphatic heterocycles. The molecule has 2 aliphatic rings. The maximum atomic E-state index is 12.8. The Morgan fingerprint density at radius 1 is 1.40 bits per heavy atom. The van der Waals surface area contributed by atoms with E-state index in [0.717, 1.165) is 24.8 Å². The van der Waals surface area contributed by atoms with E-state index < -0.39 is 6.17 Å². The molecule has 0 bridgehead atoms. The van der Waals surface area contributed by atoms with Gasteiger partial charge < -0.3 is 10.4 Å². The molecule has 160 valence electrons. The van der Waals surface area contributed by atoms with E-state index in [1.807, 2.05) is 24.3 Å². The van der Waals surface area contributed by atoms with Crippen molar-refractivity contribution in [1.82, 2.24) is 10.3 Å². The first kappa shape index (κ1) is 22.1. The molecule has 0 spiro atoms. The molecule has 1 aromatic carbocycles. The predicted octanol–water partition coefficient (Wildman–Crippen LogP) is 4.77. The van der Waals surface area contributed by atoms with Gasteiger partial charge in [-0.15, -0.1) is 0 Å². The van der Waals surface area contributed by atoms with Crippen molar-refractivity contribution in [2.75, 3.05) is 6.54 Å². The molecule has 1 amide bonds. The van der Waals surface area contributed by atoms with Crippen LogP contribution in [0.15, 0.2) is 57.5 Å². The first-order valence-electron chi connectivity index (χ1n) is 10.4. The summed E-state index contributed by atoms with van der Waals surface area (Å²) in [5, 5.41) is 19.9. The normalized spacial score (nSPS) is 19.7. The van der Waals surface area contributed by atoms with E-state index in [2.05, 4.69) is 21.5 Å². The Labute approximate surface area is 183 Å². The van der Waals surface area contributed by atoms with Crippen molar-refractivity contribution < 1.29 is 9.90 Å². The van der Waals surface area contributed by atoms with Gasteiger partial charge in [0.05, 0.1) is 0 Å². The number of allylic oxidation sites excluding steroid dienone is 2. The third-order valence-corrected chi connectivity index (χ3v) is 5.77. The number of hydrazone groups is 1. The minimum absolute atomic E-state index is 0.0735. The number of aliphatic imine (C=N–C) groups is 1. The molecule has 6 nitrogen and oxygen atoms in total. The summed E-state index contributed by atoms with van der Waals surface area (Å²) in [5.41, 5.74) is 3.48. The standard InChI is InChI=1S/C23H29ClN4O2/c1-3-26-28-21(22(29)25-14-13-17-9-5-4-6-10-17)27-16(2)19(23(28)30)15-18-11-7-8-12-20(18)24/h3,7-9,11-12,21,30H,4-6,10,13-15H2,1-2H3,(H,25,29)/b26-3-. The molecule has 1 aromatic rings. The number of rotatable bonds is 7. The van der Waals surface area contributed by atoms with E-state index in [9.17, 15) is 9.90 Å². The fourth-order valence-corrected chi connectivity index (χ4v) is 3.95. The summed E-state index contributed by atoms with van der Waals surface area (Å²) in [5.74, 6) is -0.352. The molecule has 0 saturated carbocycles. The van der Waals surface area contributed by atoms with Gasteiger partial charge in [0.1, 0.15) is 0 Å². The smallest absolute Gasteiger partial charge is 0.267 e. The molecule has 0 aromatic heterocycles. The molecule has 2 N–H and O–H groups in total. The van der Waals surface area contributed by atoms with Crippen molar-refractivity contribution >= 4 is 29.4 Å². The van der Waals surface area contributed by atoms with Gasteiger partial charge in [0, 0.05) is 35.5 Å². The van der Waals surface area contributed by atoms with E-state index in [1.54, 1.807) is 13.8 Å². The molecule has 1 unspecified atom stereocenters. The number of hydrogen-bond acceptors (Lipinski definition) is 5. The third kappa shape index (κ3) is 5.30. The SMILES string of the molecule is C/C=N\N1C(O)=C(Cc2ccccc2Cl)C(C)=NC1C(=O)NCCC1=CCCCC1. The van der Waals surface area contributed by atoms with Crippen LogP contribution < -0.4 is 5.32 Å². The van der Waals surface area contributed by atoms with Gasteiger partial charge in [-0.1, -0.05) is 41.4 Å². The highest BCUT2D eigenvalue weighted by Crippen LogP contribution is 2.27. The minimum atomic E-state index is -0.934. The molecule has 1 aliphatic carbocycles. The zero-order chi connectivity index (χ0) is 21.5. The van der Waals surface area contributed by atoms with Gasteiger partial charge in [0.15, 0.2) is 0 Å². The zero-order valence-corrected chi connectivity index (χ0v) is 18.3. The fraction of sp³-hybridized carbons (Fsp3) is 0.435. The highest BCUT2D eigenvalue weighted by Gasteiger charge is 2.33. The summed E-state index contributed by atoms with van der Waals surface area (Å²) in [6.07, 6.45) is 8.83. The number of carbonyl (C=O) groups is 1. The zero-order valence-electron chi connectivity index (χ0n) is 17.6. The second-order valence-electron chi connectivity index (χ2n) is 7.53. The first-order chi connectivity index (χ1) is 14.5. The summed E-state index contributed by atoms with van der Waals surface area (Å²) in [6.45, 7) is 4.08. The first-order valence-corrected chi connectivity index (χ1v) is 10.8. The van der Waals surface area contributed by atoms with Crippen molar-refractivity contribution in [3.05, 3.63) is 58.0 Å². The molecule has 0 fully saturated rings. The quantitative estimate of drug-likeness (QED) is 0.485. The van der Waals surface area contributed by atoms with Crippen LogP contribution in [0.1, 0.15) is 51.5 Å². The fourth-order valence-electron chi connectivity index (χ4n) is 3.75. The number of nitrogens with one attached hydrogen (secondary N) is 1. The molecule has 1 heterocycles. The Kier molecular flexibility index (Phi) is 7.69. The molecule has 30 heavy (non-hydrogen) atoms. The number of benzene rings is 1. The summed E-state index contributed by atoms with van der Waals surface area (Å²) in [7, 11) is 0. The average Bonchev–Trinajstić information content (AvgIpc) is 2.75. The molecule has 0 saturated heterocycles. The average molecular weight is 429 g/mol. The van der Waals surface area contributed by atoms with E-state index >= 15 is 0 Å². The van der Waals surface area contributed by atoms with Crippen molar-refractivity contribution in [2.45, 2.75) is 58.5 Å². The monoisotopic (exact) mass is 428 g/mol. The summed E-state index contributed by atoms with van der Waals surface area (Å²) < 4.78 is 0. The summed E-state index contributed by atoms with van der Waals surface area (Å²) in [4.78, 5) is 17.4. The van der Waals surface area contributed by atoms with Gasteiger partial charge in [0.2, 0.25) is 12.0 Å². The summed E-state index contributed by atoms with van der Waals surface area (Å²) >= 11 is 6.28. The van der Waals surface area contributed by atoms with Crippen LogP contribution in [0.25, 0.3) is 0 Å². The van der Waals surface area contributed by atoms with Crippen molar-refractivity contribution in [1.29, 1.82) is 0 Å². The highest BCUT2D eigenvalue weighted by atomic mass is 35.5. The Balaban J connectivity index is 1.73. The molecular formula is C23H29ClN4O2. The van der Waals surface area contributed by atoms with Crippen LogP contribution in [0.3, 0.4) is 0 Å². The molecule has 0 radical (unpaired) electrons. The minimum Gasteiger partial charge on any atom is -0.493 e. The van der Waals surface area contributed by atoms with E-state index in [-0.39, 0.29) is 11.8 Å². The van der Waals surface area contributed by atoms with Gasteiger partial charge in [0.25, 0.3) is 5.91 Å². The van der Waals surface area contributed by atoms with E-state index in [4.69, 9.17) is 11.6 Å². The molecule has 3 rings (SSSR count). The van der Waals surface area contributed by atoms with Gasteiger partial charge in [-0.05, 0) is 57.6 Å². The van der Waals surface area contributed by atoms with Crippen LogP contribution in [0.2, 0.25) is 5.02 Å². The van der Waals surface area contributed by atoms with Crippen molar-refractivity contribution in [3.63, 3.8) is 0 Å². The van der Waals surface area contributed by atoms with E-state index in [0.29, 0.717) is 29.3 Å². The van der Waals surface area contributed by atoms with Gasteiger partial charge >= 0.3 is 0 Å². The number of hydrogen-bond donors (Lipinski definition) is 2. The number of carbonyl (C=O) groups excluding carboxylic acids is 1. The largest absolute Gasteiger partial charge is 0.493 e. The number of aliphatic hydroxyl groups is 1. The second-order valence-corrected chi connectivity index (χ2v) is 7.93. The van der Waals surface area contributed by atoms with Gasteiger partial charge in [-0.2, -0.15) is 10.1 Å². The van der Waals surface area contributed by atoms with Crippen LogP contribution in [-0.4, -0.2) is 40.7 Å².